The summed E-state index contributed by atoms with van der Waals surface area (Å²) in [6, 6.07) is 7.68. The smallest absolute Gasteiger partial charge is 0.251 e. The largest absolute Gasteiger partial charge is 0.350 e. The highest BCUT2D eigenvalue weighted by atomic mass is 16.1. The molecule has 0 aliphatic rings. The van der Waals surface area contributed by atoms with E-state index < -0.39 is 0 Å². The van der Waals surface area contributed by atoms with Crippen LogP contribution in [0.2, 0.25) is 0 Å². The Morgan fingerprint density at radius 3 is 2.65 bits per heavy atom. The maximum atomic E-state index is 12.3. The van der Waals surface area contributed by atoms with E-state index in [0.29, 0.717) is 18.7 Å². The van der Waals surface area contributed by atoms with E-state index in [-0.39, 0.29) is 11.9 Å². The summed E-state index contributed by atoms with van der Waals surface area (Å²) in [7, 11) is 0. The van der Waals surface area contributed by atoms with Crippen LogP contribution in [0.15, 0.2) is 43.0 Å². The highest BCUT2D eigenvalue weighted by molar-refractivity contribution is 5.94. The number of aromatic nitrogens is 5. The van der Waals surface area contributed by atoms with E-state index in [4.69, 9.17) is 0 Å². The van der Waals surface area contributed by atoms with E-state index in [1.54, 1.807) is 12.5 Å². The molecule has 0 unspecified atom stereocenters. The second-order valence-electron chi connectivity index (χ2n) is 6.35. The SMILES string of the molecule is CCc1nccn1CCNC(=O)c1ccc(-c2ncnn2C(C)C)cc1. The Bertz CT molecular complexity index is 862. The van der Waals surface area contributed by atoms with E-state index >= 15 is 0 Å². The van der Waals surface area contributed by atoms with Gasteiger partial charge in [0.05, 0.1) is 0 Å². The van der Waals surface area contributed by atoms with Gasteiger partial charge in [-0.2, -0.15) is 5.10 Å². The van der Waals surface area contributed by atoms with Crippen molar-refractivity contribution in [1.82, 2.24) is 29.6 Å². The molecule has 1 N–H and O–H groups in total. The van der Waals surface area contributed by atoms with Crippen LogP contribution in [0.25, 0.3) is 11.4 Å². The second-order valence-corrected chi connectivity index (χ2v) is 6.35. The van der Waals surface area contributed by atoms with Gasteiger partial charge in [-0.3, -0.25) is 4.79 Å². The minimum atomic E-state index is -0.0833. The van der Waals surface area contributed by atoms with Gasteiger partial charge in [-0.05, 0) is 26.0 Å². The zero-order valence-electron chi connectivity index (χ0n) is 15.4. The molecular weight excluding hydrogens is 328 g/mol. The van der Waals surface area contributed by atoms with Crippen molar-refractivity contribution in [1.29, 1.82) is 0 Å². The Morgan fingerprint density at radius 1 is 1.19 bits per heavy atom. The lowest BCUT2D eigenvalue weighted by molar-refractivity contribution is 0.0952. The molecule has 3 rings (SSSR count). The first-order chi connectivity index (χ1) is 12.6. The molecule has 2 aromatic heterocycles. The zero-order chi connectivity index (χ0) is 18.5. The highest BCUT2D eigenvalue weighted by Crippen LogP contribution is 2.20. The van der Waals surface area contributed by atoms with Crippen molar-refractivity contribution < 1.29 is 4.79 Å². The maximum absolute atomic E-state index is 12.3. The summed E-state index contributed by atoms with van der Waals surface area (Å²) in [5, 5.41) is 7.20. The Balaban J connectivity index is 1.61. The fraction of sp³-hybridized carbons (Fsp3) is 0.368. The molecule has 0 aliphatic carbocycles. The number of benzene rings is 1. The van der Waals surface area contributed by atoms with E-state index in [9.17, 15) is 4.79 Å². The molecule has 0 spiro atoms. The molecular formula is C19H24N6O. The second kappa shape index (κ2) is 7.95. The summed E-state index contributed by atoms with van der Waals surface area (Å²) in [6.07, 6.45) is 6.15. The third-order valence-electron chi connectivity index (χ3n) is 4.22. The lowest BCUT2D eigenvalue weighted by Crippen LogP contribution is -2.27. The lowest BCUT2D eigenvalue weighted by Gasteiger charge is -2.10. The quantitative estimate of drug-likeness (QED) is 0.709. The van der Waals surface area contributed by atoms with E-state index in [2.05, 4.69) is 45.7 Å². The summed E-state index contributed by atoms with van der Waals surface area (Å²) in [5.74, 6) is 1.75. The monoisotopic (exact) mass is 352 g/mol. The van der Waals surface area contributed by atoms with Crippen molar-refractivity contribution in [2.24, 2.45) is 0 Å². The van der Waals surface area contributed by atoms with Gasteiger partial charge in [0.1, 0.15) is 12.2 Å². The number of amides is 1. The zero-order valence-corrected chi connectivity index (χ0v) is 15.4. The molecule has 1 amide bonds. The van der Waals surface area contributed by atoms with Crippen molar-refractivity contribution in [3.63, 3.8) is 0 Å². The van der Waals surface area contributed by atoms with Gasteiger partial charge in [-0.1, -0.05) is 19.1 Å². The standard InChI is InChI=1S/C19H24N6O/c1-4-17-20-9-11-24(17)12-10-21-19(26)16-7-5-15(6-8-16)18-22-13-23-25(18)14(2)3/h5-9,11,13-14H,4,10,12H2,1-3H3,(H,21,26). The molecule has 0 saturated heterocycles. The van der Waals surface area contributed by atoms with Gasteiger partial charge in [0.15, 0.2) is 5.82 Å². The van der Waals surface area contributed by atoms with Crippen molar-refractivity contribution in [2.75, 3.05) is 6.54 Å². The van der Waals surface area contributed by atoms with E-state index in [1.165, 1.54) is 0 Å². The van der Waals surface area contributed by atoms with Crippen molar-refractivity contribution in [3.8, 4) is 11.4 Å². The first kappa shape index (κ1) is 17.8. The highest BCUT2D eigenvalue weighted by Gasteiger charge is 2.11. The van der Waals surface area contributed by atoms with Crippen LogP contribution in [0.3, 0.4) is 0 Å². The Morgan fingerprint density at radius 2 is 1.96 bits per heavy atom. The predicted molar refractivity (Wildman–Crippen MR) is 99.8 cm³/mol. The molecule has 0 radical (unpaired) electrons. The van der Waals surface area contributed by atoms with Gasteiger partial charge >= 0.3 is 0 Å². The summed E-state index contributed by atoms with van der Waals surface area (Å²) < 4.78 is 3.92. The molecule has 136 valence electrons. The molecule has 3 aromatic rings. The molecule has 2 heterocycles. The number of hydrogen-bond donors (Lipinski definition) is 1. The third kappa shape index (κ3) is 3.82. The minimum absolute atomic E-state index is 0.0833. The van der Waals surface area contributed by atoms with Crippen LogP contribution >= 0.6 is 0 Å². The Kier molecular flexibility index (Phi) is 5.46. The van der Waals surface area contributed by atoms with Gasteiger partial charge in [0.25, 0.3) is 5.91 Å². The Hall–Kier alpha value is -2.96. The van der Waals surface area contributed by atoms with Crippen molar-refractivity contribution in [3.05, 3.63) is 54.4 Å². The van der Waals surface area contributed by atoms with Crippen molar-refractivity contribution in [2.45, 2.75) is 39.8 Å². The first-order valence-corrected chi connectivity index (χ1v) is 8.88. The fourth-order valence-electron chi connectivity index (χ4n) is 2.86. The molecule has 7 nitrogen and oxygen atoms in total. The molecule has 26 heavy (non-hydrogen) atoms. The third-order valence-corrected chi connectivity index (χ3v) is 4.22. The van der Waals surface area contributed by atoms with Gasteiger partial charge in [-0.15, -0.1) is 0 Å². The lowest BCUT2D eigenvalue weighted by atomic mass is 10.1. The number of imidazole rings is 1. The maximum Gasteiger partial charge on any atom is 0.251 e. The van der Waals surface area contributed by atoms with Crippen LogP contribution in [0.5, 0.6) is 0 Å². The average Bonchev–Trinajstić information content (AvgIpc) is 3.31. The first-order valence-electron chi connectivity index (χ1n) is 8.88. The molecule has 0 atom stereocenters. The number of carbonyl (C=O) groups is 1. The van der Waals surface area contributed by atoms with E-state index in [1.807, 2.05) is 35.1 Å². The van der Waals surface area contributed by atoms with Gasteiger partial charge < -0.3 is 9.88 Å². The number of aryl methyl sites for hydroxylation is 1. The van der Waals surface area contributed by atoms with Crippen LogP contribution in [-0.2, 0) is 13.0 Å². The van der Waals surface area contributed by atoms with Gasteiger partial charge in [0, 0.05) is 49.1 Å². The molecule has 1 aromatic carbocycles. The van der Waals surface area contributed by atoms with E-state index in [0.717, 1.165) is 23.6 Å². The number of nitrogens with zero attached hydrogens (tertiary/aromatic N) is 5. The molecule has 0 saturated carbocycles. The number of hydrogen-bond acceptors (Lipinski definition) is 4. The normalized spacial score (nSPS) is 11.1. The van der Waals surface area contributed by atoms with Gasteiger partial charge in [-0.25, -0.2) is 14.6 Å². The van der Waals surface area contributed by atoms with Crippen molar-refractivity contribution >= 4 is 5.91 Å². The summed E-state index contributed by atoms with van der Waals surface area (Å²) >= 11 is 0. The summed E-state index contributed by atoms with van der Waals surface area (Å²) in [6.45, 7) is 7.46. The summed E-state index contributed by atoms with van der Waals surface area (Å²) in [5.41, 5.74) is 1.57. The topological polar surface area (TPSA) is 77.6 Å². The molecule has 7 heteroatoms. The van der Waals surface area contributed by atoms with Crippen LogP contribution < -0.4 is 5.32 Å². The Labute approximate surface area is 153 Å². The van der Waals surface area contributed by atoms with Gasteiger partial charge in [0.2, 0.25) is 0 Å². The average molecular weight is 352 g/mol. The minimum Gasteiger partial charge on any atom is -0.350 e. The molecule has 0 bridgehead atoms. The number of nitrogens with one attached hydrogen (secondary N) is 1. The van der Waals surface area contributed by atoms with Crippen LogP contribution in [-0.4, -0.2) is 36.8 Å². The number of rotatable bonds is 7. The molecule has 0 fully saturated rings. The molecule has 0 aliphatic heterocycles. The summed E-state index contributed by atoms with van der Waals surface area (Å²) in [4.78, 5) is 20.9. The van der Waals surface area contributed by atoms with Crippen LogP contribution in [0, 0.1) is 0 Å². The van der Waals surface area contributed by atoms with Crippen LogP contribution in [0.4, 0.5) is 0 Å². The predicted octanol–water partition coefficient (Wildman–Crippen LogP) is 2.71. The number of carbonyl (C=O) groups excluding carboxylic acids is 1. The van der Waals surface area contributed by atoms with Crippen LogP contribution in [0.1, 0.15) is 43.0 Å². The fourth-order valence-corrected chi connectivity index (χ4v) is 2.86.